The summed E-state index contributed by atoms with van der Waals surface area (Å²) in [5, 5.41) is 17.0. The van der Waals surface area contributed by atoms with Crippen LogP contribution in [-0.4, -0.2) is 46.4 Å². The van der Waals surface area contributed by atoms with E-state index in [1.807, 2.05) is 25.8 Å². The second-order valence-corrected chi connectivity index (χ2v) is 11.5. The van der Waals surface area contributed by atoms with Gasteiger partial charge in [0.15, 0.2) is 5.13 Å². The first-order valence-electron chi connectivity index (χ1n) is 13.5. The Morgan fingerprint density at radius 1 is 1.20 bits per heavy atom. The Bertz CT molecular complexity index is 1870. The molecule has 1 atom stereocenters. The minimum atomic E-state index is -4.62. The predicted octanol–water partition coefficient (Wildman–Crippen LogP) is 5.98. The monoisotopic (exact) mass is 703 g/mol. The van der Waals surface area contributed by atoms with E-state index in [0.717, 1.165) is 27.8 Å². The summed E-state index contributed by atoms with van der Waals surface area (Å²) in [4.78, 5) is 35.8. The number of aryl methyl sites for hydroxylation is 2. The number of hydrogen-bond acceptors (Lipinski definition) is 9. The number of nitrogens with zero attached hydrogens (tertiary/aromatic N) is 6. The van der Waals surface area contributed by atoms with Crippen LogP contribution in [0.15, 0.2) is 58.5 Å². The van der Waals surface area contributed by atoms with Gasteiger partial charge in [-0.1, -0.05) is 12.1 Å². The van der Waals surface area contributed by atoms with Crippen LogP contribution in [-0.2, 0) is 22.1 Å². The molecule has 0 aliphatic carbocycles. The molecule has 0 fully saturated rings. The number of methoxy groups -OCH3 is 1. The molecule has 15 heteroatoms. The van der Waals surface area contributed by atoms with Crippen LogP contribution in [0.25, 0.3) is 0 Å². The van der Waals surface area contributed by atoms with E-state index in [4.69, 9.17) is 4.74 Å². The van der Waals surface area contributed by atoms with Gasteiger partial charge in [0, 0.05) is 29.9 Å². The van der Waals surface area contributed by atoms with Gasteiger partial charge in [0.1, 0.15) is 6.04 Å². The molecule has 1 N–H and O–H groups in total. The highest BCUT2D eigenvalue weighted by Crippen LogP contribution is 2.43. The molecule has 0 radical (unpaired) electrons. The Balaban J connectivity index is 0.00000461. The number of benzene rings is 2. The third kappa shape index (κ3) is 6.25. The van der Waals surface area contributed by atoms with Gasteiger partial charge in [-0.25, -0.2) is 24.2 Å². The molecule has 1 aliphatic heterocycles. The van der Waals surface area contributed by atoms with Crippen LogP contribution in [0.5, 0.6) is 0 Å². The maximum Gasteiger partial charge on any atom is 0.416 e. The van der Waals surface area contributed by atoms with Crippen molar-refractivity contribution in [2.45, 2.75) is 39.4 Å². The molecule has 0 saturated heterocycles. The molecule has 0 spiro atoms. The number of anilines is 3. The van der Waals surface area contributed by atoms with Crippen LogP contribution in [0.2, 0.25) is 0 Å². The fraction of sp³-hybridized carbons (Fsp3) is 0.300. The van der Waals surface area contributed by atoms with E-state index < -0.39 is 29.4 Å². The molecule has 4 aromatic rings. The number of nitriles is 1. The normalized spacial score (nSPS) is 14.5. The molecule has 0 bridgehead atoms. The number of H-pyrrole nitrogens is 1. The molecular formula is C30H29BrF3N7O3S. The molecule has 0 unspecified atom stereocenters. The van der Waals surface area contributed by atoms with Gasteiger partial charge in [-0.3, -0.25) is 4.90 Å². The Kier molecular flexibility index (Phi) is 9.59. The van der Waals surface area contributed by atoms with Gasteiger partial charge in [0.05, 0.1) is 35.6 Å². The summed E-state index contributed by atoms with van der Waals surface area (Å²) in [6.45, 7) is 5.99. The average Bonchev–Trinajstić information content (AvgIpc) is 3.55. The first-order chi connectivity index (χ1) is 20.8. The lowest BCUT2D eigenvalue weighted by molar-refractivity contribution is -0.138. The topological polar surface area (TPSA) is 120 Å². The lowest BCUT2D eigenvalue weighted by Crippen LogP contribution is -2.38. The molecule has 10 nitrogen and oxygen atoms in total. The molecule has 45 heavy (non-hydrogen) atoms. The molecule has 3 heterocycles. The van der Waals surface area contributed by atoms with Crippen LogP contribution in [0.3, 0.4) is 0 Å². The summed E-state index contributed by atoms with van der Waals surface area (Å²) in [6.07, 6.45) is -4.20. The predicted molar refractivity (Wildman–Crippen MR) is 169 cm³/mol. The van der Waals surface area contributed by atoms with Crippen molar-refractivity contribution in [3.05, 3.63) is 97.0 Å². The number of esters is 1. The zero-order chi connectivity index (χ0) is 31.9. The highest BCUT2D eigenvalue weighted by molar-refractivity contribution is 8.93. The smallest absolute Gasteiger partial charge is 0.416 e. The zero-order valence-electron chi connectivity index (χ0n) is 24.9. The molecule has 236 valence electrons. The van der Waals surface area contributed by atoms with Crippen molar-refractivity contribution in [1.82, 2.24) is 19.7 Å². The Morgan fingerprint density at radius 3 is 2.56 bits per heavy atom. The van der Waals surface area contributed by atoms with Crippen molar-refractivity contribution in [2.75, 3.05) is 30.5 Å². The van der Waals surface area contributed by atoms with Gasteiger partial charge in [-0.2, -0.15) is 18.4 Å². The molecule has 2 aromatic heterocycles. The number of aromatic nitrogens is 4. The van der Waals surface area contributed by atoms with E-state index in [-0.39, 0.29) is 39.9 Å². The number of carbonyl (C=O) groups is 1. The lowest BCUT2D eigenvalue weighted by atomic mass is 9.89. The summed E-state index contributed by atoms with van der Waals surface area (Å²) in [5.41, 5.74) is 1.27. The van der Waals surface area contributed by atoms with Crippen molar-refractivity contribution < 1.29 is 22.7 Å². The zero-order valence-corrected chi connectivity index (χ0v) is 27.4. The number of aromatic amines is 1. The van der Waals surface area contributed by atoms with Gasteiger partial charge in [-0.05, 0) is 68.7 Å². The number of halogens is 4. The van der Waals surface area contributed by atoms with Crippen LogP contribution >= 0.6 is 28.3 Å². The largest absolute Gasteiger partial charge is 0.466 e. The second-order valence-electron chi connectivity index (χ2n) is 10.3. The number of alkyl halides is 3. The van der Waals surface area contributed by atoms with Gasteiger partial charge in [-0.15, -0.1) is 33.4 Å². The van der Waals surface area contributed by atoms with E-state index in [2.05, 4.69) is 21.3 Å². The standard InChI is InChI=1S/C30H28F3N7O3S.BrH/c1-16-18(3)44-29(35-16)38(4)12-11-20-13-19(15-34)9-10-23(20)25-24(26(41)43-5)17(2)39(27-36-37-28(42)40(25)27)22-8-6-7-21(14-22)30(31,32)33;/h6-10,13-14,25H,11-12H2,1-5H3,(H,37,42);1H/t25-;/m1./s1. The van der Waals surface area contributed by atoms with Crippen molar-refractivity contribution >= 4 is 51.1 Å². The molecule has 0 amide bonds. The van der Waals surface area contributed by atoms with E-state index in [9.17, 15) is 28.0 Å². The lowest BCUT2D eigenvalue weighted by Gasteiger charge is -2.36. The molecular weight excluding hydrogens is 675 g/mol. The van der Waals surface area contributed by atoms with Crippen LogP contribution in [0, 0.1) is 25.2 Å². The maximum atomic E-state index is 13.6. The number of fused-ring (bicyclic) bond motifs is 1. The van der Waals surface area contributed by atoms with Gasteiger partial charge >= 0.3 is 17.8 Å². The Morgan fingerprint density at radius 2 is 1.93 bits per heavy atom. The van der Waals surface area contributed by atoms with Crippen molar-refractivity contribution in [1.29, 1.82) is 5.26 Å². The number of hydrogen-bond donors (Lipinski definition) is 1. The molecule has 0 saturated carbocycles. The second kappa shape index (κ2) is 12.9. The number of thiazole rings is 1. The number of carbonyl (C=O) groups excluding carboxylic acids is 1. The number of likely N-dealkylation sites (N-methyl/N-ethyl adjacent to an activating group) is 1. The van der Waals surface area contributed by atoms with Crippen molar-refractivity contribution in [2.24, 2.45) is 0 Å². The Labute approximate surface area is 271 Å². The average molecular weight is 705 g/mol. The first-order valence-corrected chi connectivity index (χ1v) is 14.3. The number of rotatable bonds is 7. The SMILES string of the molecule is Br.COC(=O)C1=C(C)N(c2cccc(C(F)(F)F)c2)c2n[nH]c(=O)n2[C@@H]1c1ccc(C#N)cc1CCN(C)c1nc(C)c(C)s1. The van der Waals surface area contributed by atoms with E-state index in [1.54, 1.807) is 36.5 Å². The number of nitrogens with one attached hydrogen (secondary N) is 1. The van der Waals surface area contributed by atoms with Crippen LogP contribution < -0.4 is 15.5 Å². The number of ether oxygens (including phenoxy) is 1. The van der Waals surface area contributed by atoms with E-state index >= 15 is 0 Å². The van der Waals surface area contributed by atoms with Crippen LogP contribution in [0.4, 0.5) is 29.9 Å². The molecule has 5 rings (SSSR count). The minimum Gasteiger partial charge on any atom is -0.466 e. The number of allylic oxidation sites excluding steroid dienone is 1. The van der Waals surface area contributed by atoms with Gasteiger partial charge in [0.2, 0.25) is 5.95 Å². The van der Waals surface area contributed by atoms with E-state index in [0.29, 0.717) is 29.7 Å². The van der Waals surface area contributed by atoms with Crippen LogP contribution in [0.1, 0.15) is 45.8 Å². The van der Waals surface area contributed by atoms with Crippen molar-refractivity contribution in [3.8, 4) is 6.07 Å². The molecule has 2 aromatic carbocycles. The maximum absolute atomic E-state index is 13.6. The van der Waals surface area contributed by atoms with Crippen molar-refractivity contribution in [3.63, 3.8) is 0 Å². The molecule has 1 aliphatic rings. The van der Waals surface area contributed by atoms with E-state index in [1.165, 1.54) is 28.7 Å². The fourth-order valence-electron chi connectivity index (χ4n) is 5.24. The summed E-state index contributed by atoms with van der Waals surface area (Å²) in [5.74, 6) is -0.782. The quantitative estimate of drug-likeness (QED) is 0.234. The summed E-state index contributed by atoms with van der Waals surface area (Å²) in [6, 6.07) is 10.6. The summed E-state index contributed by atoms with van der Waals surface area (Å²) >= 11 is 1.56. The highest BCUT2D eigenvalue weighted by atomic mass is 79.9. The van der Waals surface area contributed by atoms with Gasteiger partial charge < -0.3 is 9.64 Å². The minimum absolute atomic E-state index is 0. The summed E-state index contributed by atoms with van der Waals surface area (Å²) in [7, 11) is 3.09. The third-order valence-electron chi connectivity index (χ3n) is 7.61. The summed E-state index contributed by atoms with van der Waals surface area (Å²) < 4.78 is 47.3. The first kappa shape index (κ1) is 33.5. The van der Waals surface area contributed by atoms with Gasteiger partial charge in [0.25, 0.3) is 0 Å². The fourth-order valence-corrected chi connectivity index (χ4v) is 6.14. The Hall–Kier alpha value is -4.42. The third-order valence-corrected chi connectivity index (χ3v) is 8.79. The highest BCUT2D eigenvalue weighted by Gasteiger charge is 2.41.